The number of hydrogen-bond donors (Lipinski definition) is 1. The Labute approximate surface area is 112 Å². The molecule has 0 bridgehead atoms. The van der Waals surface area contributed by atoms with Crippen molar-refractivity contribution in [2.45, 2.75) is 44.0 Å². The molecule has 19 heavy (non-hydrogen) atoms. The average molecular weight is 289 g/mol. The first-order chi connectivity index (χ1) is 8.70. The lowest BCUT2D eigenvalue weighted by molar-refractivity contribution is 0.372. The van der Waals surface area contributed by atoms with Crippen molar-refractivity contribution in [3.8, 4) is 0 Å². The molecule has 1 N–H and O–H groups in total. The third-order valence-corrected chi connectivity index (χ3v) is 5.01. The highest BCUT2D eigenvalue weighted by Gasteiger charge is 2.33. The van der Waals surface area contributed by atoms with E-state index >= 15 is 0 Å². The molecule has 1 saturated carbocycles. The molecule has 2 rings (SSSR count). The molecule has 0 aliphatic heterocycles. The third-order valence-electron chi connectivity index (χ3n) is 3.49. The number of halogens is 2. The van der Waals surface area contributed by atoms with Gasteiger partial charge in [0.05, 0.1) is 4.90 Å². The summed E-state index contributed by atoms with van der Waals surface area (Å²) in [5, 5.41) is 0. The van der Waals surface area contributed by atoms with Crippen LogP contribution in [0, 0.1) is 17.0 Å². The summed E-state index contributed by atoms with van der Waals surface area (Å²) < 4.78 is 52.6. The predicted molar refractivity (Wildman–Crippen MR) is 68.1 cm³/mol. The van der Waals surface area contributed by atoms with Crippen LogP contribution in [0.15, 0.2) is 23.1 Å². The summed E-state index contributed by atoms with van der Waals surface area (Å²) in [6.45, 7) is 4.16. The van der Waals surface area contributed by atoms with Gasteiger partial charge < -0.3 is 0 Å². The fourth-order valence-electron chi connectivity index (χ4n) is 2.47. The number of sulfonamides is 1. The van der Waals surface area contributed by atoms with Crippen LogP contribution in [0.2, 0.25) is 0 Å². The van der Waals surface area contributed by atoms with Crippen LogP contribution in [-0.4, -0.2) is 14.5 Å². The Morgan fingerprint density at radius 3 is 2.47 bits per heavy atom. The maximum absolute atomic E-state index is 13.1. The molecule has 1 aliphatic carbocycles. The van der Waals surface area contributed by atoms with Gasteiger partial charge in [-0.25, -0.2) is 21.9 Å². The second-order valence-electron chi connectivity index (χ2n) is 5.80. The van der Waals surface area contributed by atoms with Gasteiger partial charge in [-0.2, -0.15) is 0 Å². The van der Waals surface area contributed by atoms with Crippen LogP contribution in [0.3, 0.4) is 0 Å². The Morgan fingerprint density at radius 2 is 1.95 bits per heavy atom. The molecule has 0 radical (unpaired) electrons. The van der Waals surface area contributed by atoms with E-state index in [1.165, 1.54) is 0 Å². The van der Waals surface area contributed by atoms with Crippen molar-refractivity contribution >= 4 is 10.0 Å². The monoisotopic (exact) mass is 289 g/mol. The van der Waals surface area contributed by atoms with Gasteiger partial charge in [-0.3, -0.25) is 0 Å². The smallest absolute Gasteiger partial charge is 0.208 e. The van der Waals surface area contributed by atoms with Crippen LogP contribution in [0.25, 0.3) is 0 Å². The van der Waals surface area contributed by atoms with Crippen molar-refractivity contribution in [3.05, 3.63) is 29.8 Å². The van der Waals surface area contributed by atoms with Crippen molar-refractivity contribution in [2.75, 3.05) is 0 Å². The Hall–Kier alpha value is -1.01. The third kappa shape index (κ3) is 3.30. The molecule has 1 fully saturated rings. The molecule has 106 valence electrons. The van der Waals surface area contributed by atoms with Crippen molar-refractivity contribution in [3.63, 3.8) is 0 Å². The van der Waals surface area contributed by atoms with Gasteiger partial charge in [-0.05, 0) is 42.9 Å². The standard InChI is InChI=1S/C13H17F2NO2S/c1-13(2)6-5-9(8-13)16-19(17,18)10-3-4-11(14)12(15)7-10/h3-4,7,9,16H,5-6,8H2,1-2H3. The minimum Gasteiger partial charge on any atom is -0.208 e. The molecule has 0 spiro atoms. The van der Waals surface area contributed by atoms with Crippen LogP contribution in [0.1, 0.15) is 33.1 Å². The topological polar surface area (TPSA) is 46.2 Å². The molecule has 1 aliphatic rings. The molecule has 3 nitrogen and oxygen atoms in total. The molecule has 6 heteroatoms. The first-order valence-corrected chi connectivity index (χ1v) is 7.65. The number of nitrogens with one attached hydrogen (secondary N) is 1. The zero-order valence-electron chi connectivity index (χ0n) is 10.9. The molecule has 1 unspecified atom stereocenters. The predicted octanol–water partition coefficient (Wildman–Crippen LogP) is 2.82. The first-order valence-electron chi connectivity index (χ1n) is 6.17. The molecule has 1 aromatic carbocycles. The van der Waals surface area contributed by atoms with Gasteiger partial charge in [0.1, 0.15) is 0 Å². The number of benzene rings is 1. The quantitative estimate of drug-likeness (QED) is 0.930. The lowest BCUT2D eigenvalue weighted by Gasteiger charge is -2.18. The Bertz CT molecular complexity index is 584. The van der Waals surface area contributed by atoms with Crippen molar-refractivity contribution in [1.29, 1.82) is 0 Å². The Morgan fingerprint density at radius 1 is 1.26 bits per heavy atom. The van der Waals surface area contributed by atoms with E-state index in [9.17, 15) is 17.2 Å². The zero-order chi connectivity index (χ0) is 14.3. The second-order valence-corrected chi connectivity index (χ2v) is 7.52. The molecule has 0 aromatic heterocycles. The highest BCUT2D eigenvalue weighted by atomic mass is 32.2. The van der Waals surface area contributed by atoms with Gasteiger partial charge in [0.15, 0.2) is 11.6 Å². The van der Waals surface area contributed by atoms with Gasteiger partial charge in [-0.1, -0.05) is 13.8 Å². The van der Waals surface area contributed by atoms with Crippen LogP contribution >= 0.6 is 0 Å². The Kier molecular flexibility index (Phi) is 3.66. The fraction of sp³-hybridized carbons (Fsp3) is 0.538. The summed E-state index contributed by atoms with van der Waals surface area (Å²) in [7, 11) is -3.79. The van der Waals surface area contributed by atoms with E-state index in [0.717, 1.165) is 31.4 Å². The maximum atomic E-state index is 13.1. The summed E-state index contributed by atoms with van der Waals surface area (Å²) in [4.78, 5) is -0.240. The molecule has 0 heterocycles. The summed E-state index contributed by atoms with van der Waals surface area (Å²) >= 11 is 0. The minimum atomic E-state index is -3.79. The molecule has 0 saturated heterocycles. The SMILES string of the molecule is CC1(C)CCC(NS(=O)(=O)c2ccc(F)c(F)c2)C1. The van der Waals surface area contributed by atoms with Crippen molar-refractivity contribution < 1.29 is 17.2 Å². The number of hydrogen-bond acceptors (Lipinski definition) is 2. The summed E-state index contributed by atoms with van der Waals surface area (Å²) in [6.07, 6.45) is 2.45. The van der Waals surface area contributed by atoms with E-state index < -0.39 is 21.7 Å². The largest absolute Gasteiger partial charge is 0.240 e. The lowest BCUT2D eigenvalue weighted by Crippen LogP contribution is -2.33. The summed E-state index contributed by atoms with van der Waals surface area (Å²) in [6, 6.07) is 2.45. The normalized spacial score (nSPS) is 22.6. The lowest BCUT2D eigenvalue weighted by atomic mass is 9.92. The van der Waals surface area contributed by atoms with Gasteiger partial charge in [-0.15, -0.1) is 0 Å². The molecular formula is C13H17F2NO2S. The average Bonchev–Trinajstić information content (AvgIpc) is 2.61. The maximum Gasteiger partial charge on any atom is 0.240 e. The van der Waals surface area contributed by atoms with Crippen molar-refractivity contribution in [2.24, 2.45) is 5.41 Å². The van der Waals surface area contributed by atoms with Gasteiger partial charge >= 0.3 is 0 Å². The second kappa shape index (κ2) is 4.83. The molecule has 0 amide bonds. The van der Waals surface area contributed by atoms with Crippen molar-refractivity contribution in [1.82, 2.24) is 4.72 Å². The minimum absolute atomic E-state index is 0.112. The highest BCUT2D eigenvalue weighted by Crippen LogP contribution is 2.37. The van der Waals surface area contributed by atoms with E-state index in [2.05, 4.69) is 18.6 Å². The summed E-state index contributed by atoms with van der Waals surface area (Å²) in [5.74, 6) is -2.21. The van der Waals surface area contributed by atoms with Gasteiger partial charge in [0.2, 0.25) is 10.0 Å². The number of rotatable bonds is 3. The van der Waals surface area contributed by atoms with Crippen LogP contribution < -0.4 is 4.72 Å². The van der Waals surface area contributed by atoms with E-state index in [-0.39, 0.29) is 16.4 Å². The van der Waals surface area contributed by atoms with Gasteiger partial charge in [0, 0.05) is 6.04 Å². The highest BCUT2D eigenvalue weighted by molar-refractivity contribution is 7.89. The zero-order valence-corrected chi connectivity index (χ0v) is 11.7. The Balaban J connectivity index is 2.17. The van der Waals surface area contributed by atoms with E-state index in [1.54, 1.807) is 0 Å². The van der Waals surface area contributed by atoms with Crippen LogP contribution in [0.5, 0.6) is 0 Å². The van der Waals surface area contributed by atoms with Crippen LogP contribution in [-0.2, 0) is 10.0 Å². The molecular weight excluding hydrogens is 272 g/mol. The van der Waals surface area contributed by atoms with Crippen LogP contribution in [0.4, 0.5) is 8.78 Å². The van der Waals surface area contributed by atoms with E-state index in [0.29, 0.717) is 6.07 Å². The molecule has 1 atom stereocenters. The summed E-state index contributed by atoms with van der Waals surface area (Å²) in [5.41, 5.74) is 0.112. The fourth-order valence-corrected chi connectivity index (χ4v) is 3.75. The van der Waals surface area contributed by atoms with Gasteiger partial charge in [0.25, 0.3) is 0 Å². The van der Waals surface area contributed by atoms with E-state index in [4.69, 9.17) is 0 Å². The molecule has 1 aromatic rings. The first kappa shape index (κ1) is 14.4. The van der Waals surface area contributed by atoms with E-state index in [1.807, 2.05) is 0 Å².